The SMILES string of the molecule is CCOc1ccc(/C(O)=C2/C(=O)C(=O)N(Cc3ccc(F)cc3)C2c2cccs2)cc1C(C)C. The van der Waals surface area contributed by atoms with Crippen LogP contribution in [-0.4, -0.2) is 28.3 Å². The van der Waals surface area contributed by atoms with Gasteiger partial charge in [0, 0.05) is 17.0 Å². The van der Waals surface area contributed by atoms with E-state index >= 15 is 0 Å². The fraction of sp³-hybridized carbons (Fsp3) is 0.259. The van der Waals surface area contributed by atoms with Crippen molar-refractivity contribution in [1.29, 1.82) is 0 Å². The number of amides is 1. The van der Waals surface area contributed by atoms with E-state index < -0.39 is 17.7 Å². The number of ketones is 1. The van der Waals surface area contributed by atoms with Crippen LogP contribution < -0.4 is 4.74 Å². The number of halogens is 1. The first kappa shape index (κ1) is 23.7. The first-order chi connectivity index (χ1) is 16.3. The zero-order chi connectivity index (χ0) is 24.4. The van der Waals surface area contributed by atoms with Crippen LogP contribution in [-0.2, 0) is 16.1 Å². The monoisotopic (exact) mass is 479 g/mol. The molecule has 0 saturated carbocycles. The molecule has 1 aliphatic heterocycles. The lowest BCUT2D eigenvalue weighted by Crippen LogP contribution is -2.28. The van der Waals surface area contributed by atoms with Gasteiger partial charge in [-0.25, -0.2) is 4.39 Å². The Labute approximate surface area is 202 Å². The minimum atomic E-state index is -0.738. The zero-order valence-corrected chi connectivity index (χ0v) is 20.1. The highest BCUT2D eigenvalue weighted by atomic mass is 32.1. The average molecular weight is 480 g/mol. The van der Waals surface area contributed by atoms with Gasteiger partial charge in [-0.15, -0.1) is 11.3 Å². The van der Waals surface area contributed by atoms with Gasteiger partial charge >= 0.3 is 0 Å². The van der Waals surface area contributed by atoms with Crippen molar-refractivity contribution in [3.8, 4) is 5.75 Å². The highest BCUT2D eigenvalue weighted by Gasteiger charge is 2.46. The number of rotatable bonds is 7. The first-order valence-electron chi connectivity index (χ1n) is 11.1. The number of benzene rings is 2. The van der Waals surface area contributed by atoms with Gasteiger partial charge in [0.15, 0.2) is 0 Å². The number of carbonyl (C=O) groups is 2. The Morgan fingerprint density at radius 2 is 1.88 bits per heavy atom. The molecule has 1 atom stereocenters. The molecule has 1 aliphatic rings. The molecular weight excluding hydrogens is 453 g/mol. The highest BCUT2D eigenvalue weighted by Crippen LogP contribution is 2.42. The third-order valence-electron chi connectivity index (χ3n) is 5.82. The number of nitrogens with zero attached hydrogens (tertiary/aromatic N) is 1. The summed E-state index contributed by atoms with van der Waals surface area (Å²) in [5.41, 5.74) is 2.09. The van der Waals surface area contributed by atoms with Crippen LogP contribution in [0.2, 0.25) is 0 Å². The minimum absolute atomic E-state index is 0.0495. The van der Waals surface area contributed by atoms with Gasteiger partial charge < -0.3 is 14.7 Å². The molecule has 0 bridgehead atoms. The van der Waals surface area contributed by atoms with Gasteiger partial charge in [-0.2, -0.15) is 0 Å². The molecule has 0 aliphatic carbocycles. The number of hydrogen-bond donors (Lipinski definition) is 1. The molecule has 2 aromatic carbocycles. The highest BCUT2D eigenvalue weighted by molar-refractivity contribution is 7.10. The maximum Gasteiger partial charge on any atom is 0.295 e. The maximum absolute atomic E-state index is 13.4. The van der Waals surface area contributed by atoms with E-state index in [-0.39, 0.29) is 29.6 Å². The Kier molecular flexibility index (Phi) is 6.84. The number of aliphatic hydroxyl groups excluding tert-OH is 1. The van der Waals surface area contributed by atoms with Gasteiger partial charge in [0.25, 0.3) is 11.7 Å². The van der Waals surface area contributed by atoms with Crippen LogP contribution in [0, 0.1) is 5.82 Å². The number of likely N-dealkylation sites (tertiary alicyclic amines) is 1. The third-order valence-corrected chi connectivity index (χ3v) is 6.75. The summed E-state index contributed by atoms with van der Waals surface area (Å²) in [4.78, 5) is 28.5. The number of hydrogen-bond acceptors (Lipinski definition) is 5. The molecule has 5 nitrogen and oxygen atoms in total. The molecule has 1 unspecified atom stereocenters. The predicted octanol–water partition coefficient (Wildman–Crippen LogP) is 6.03. The molecule has 176 valence electrons. The van der Waals surface area contributed by atoms with E-state index in [1.54, 1.807) is 24.3 Å². The summed E-state index contributed by atoms with van der Waals surface area (Å²) in [6.45, 7) is 6.58. The number of aliphatic hydroxyl groups is 1. The summed E-state index contributed by atoms with van der Waals surface area (Å²) in [5.74, 6) is -1.18. The quantitative estimate of drug-likeness (QED) is 0.255. The molecule has 34 heavy (non-hydrogen) atoms. The van der Waals surface area contributed by atoms with Gasteiger partial charge in [-0.05, 0) is 65.7 Å². The molecular formula is C27H26FNO4S. The summed E-state index contributed by atoms with van der Waals surface area (Å²) in [6.07, 6.45) is 0. The van der Waals surface area contributed by atoms with Crippen molar-refractivity contribution in [2.75, 3.05) is 6.61 Å². The van der Waals surface area contributed by atoms with Crippen LogP contribution in [0.4, 0.5) is 4.39 Å². The van der Waals surface area contributed by atoms with E-state index in [0.29, 0.717) is 17.7 Å². The fourth-order valence-corrected chi connectivity index (χ4v) is 5.01. The number of ether oxygens (including phenoxy) is 1. The van der Waals surface area contributed by atoms with Crippen LogP contribution in [0.15, 0.2) is 65.6 Å². The van der Waals surface area contributed by atoms with Gasteiger partial charge in [0.05, 0.1) is 18.2 Å². The van der Waals surface area contributed by atoms with Crippen molar-refractivity contribution in [1.82, 2.24) is 4.90 Å². The molecule has 0 radical (unpaired) electrons. The molecule has 1 fully saturated rings. The second kappa shape index (κ2) is 9.81. The molecule has 4 rings (SSSR count). The van der Waals surface area contributed by atoms with Crippen molar-refractivity contribution < 1.29 is 23.8 Å². The number of Topliss-reactive ketones (excluding diaryl/α,β-unsaturated/α-hetero) is 1. The van der Waals surface area contributed by atoms with E-state index in [1.807, 2.05) is 44.4 Å². The Hall–Kier alpha value is -3.45. The summed E-state index contributed by atoms with van der Waals surface area (Å²) < 4.78 is 19.1. The summed E-state index contributed by atoms with van der Waals surface area (Å²) in [5, 5.41) is 13.2. The predicted molar refractivity (Wildman–Crippen MR) is 130 cm³/mol. The van der Waals surface area contributed by atoms with E-state index in [1.165, 1.54) is 28.4 Å². The van der Waals surface area contributed by atoms with Gasteiger partial charge in [-0.1, -0.05) is 32.0 Å². The molecule has 1 saturated heterocycles. The van der Waals surface area contributed by atoms with Crippen molar-refractivity contribution in [3.63, 3.8) is 0 Å². The topological polar surface area (TPSA) is 66.8 Å². The lowest BCUT2D eigenvalue weighted by Gasteiger charge is -2.24. The van der Waals surface area contributed by atoms with Gasteiger partial charge in [0.2, 0.25) is 0 Å². The largest absolute Gasteiger partial charge is 0.507 e. The van der Waals surface area contributed by atoms with E-state index in [0.717, 1.165) is 16.2 Å². The van der Waals surface area contributed by atoms with Crippen LogP contribution in [0.1, 0.15) is 54.3 Å². The Morgan fingerprint density at radius 1 is 1.15 bits per heavy atom. The van der Waals surface area contributed by atoms with Crippen LogP contribution in [0.25, 0.3) is 5.76 Å². The van der Waals surface area contributed by atoms with Crippen molar-refractivity contribution in [2.45, 2.75) is 39.3 Å². The van der Waals surface area contributed by atoms with Gasteiger partial charge in [0.1, 0.15) is 17.3 Å². The van der Waals surface area contributed by atoms with Gasteiger partial charge in [-0.3, -0.25) is 9.59 Å². The second-order valence-electron chi connectivity index (χ2n) is 8.41. The standard InChI is InChI=1S/C27H26FNO4S/c1-4-33-21-12-9-18(14-20(21)16(2)3)25(30)23-24(22-6-5-13-34-22)29(27(32)26(23)31)15-17-7-10-19(28)11-8-17/h5-14,16,24,30H,4,15H2,1-3H3/b25-23-. The third kappa shape index (κ3) is 4.48. The van der Waals surface area contributed by atoms with Crippen LogP contribution in [0.5, 0.6) is 5.75 Å². The summed E-state index contributed by atoms with van der Waals surface area (Å²) >= 11 is 1.40. The summed E-state index contributed by atoms with van der Waals surface area (Å²) in [6, 6.07) is 14.0. The Morgan fingerprint density at radius 3 is 2.50 bits per heavy atom. The van der Waals surface area contributed by atoms with Crippen molar-refractivity contribution >= 4 is 28.8 Å². The number of carbonyl (C=O) groups excluding carboxylic acids is 2. The lowest BCUT2D eigenvalue weighted by atomic mass is 9.95. The van der Waals surface area contributed by atoms with E-state index in [9.17, 15) is 19.1 Å². The molecule has 1 aromatic heterocycles. The lowest BCUT2D eigenvalue weighted by molar-refractivity contribution is -0.140. The first-order valence-corrected chi connectivity index (χ1v) is 12.0. The Bertz CT molecular complexity index is 1230. The summed E-state index contributed by atoms with van der Waals surface area (Å²) in [7, 11) is 0. The molecule has 0 spiro atoms. The molecule has 7 heteroatoms. The Balaban J connectivity index is 1.82. The minimum Gasteiger partial charge on any atom is -0.507 e. The van der Waals surface area contributed by atoms with Crippen LogP contribution >= 0.6 is 11.3 Å². The van der Waals surface area contributed by atoms with E-state index in [4.69, 9.17) is 4.74 Å². The molecule has 3 aromatic rings. The van der Waals surface area contributed by atoms with Crippen LogP contribution in [0.3, 0.4) is 0 Å². The maximum atomic E-state index is 13.4. The second-order valence-corrected chi connectivity index (χ2v) is 9.39. The average Bonchev–Trinajstić information content (AvgIpc) is 3.43. The normalized spacial score (nSPS) is 17.6. The van der Waals surface area contributed by atoms with Crippen molar-refractivity contribution in [3.05, 3.63) is 92.9 Å². The molecule has 1 N–H and O–H groups in total. The molecule has 2 heterocycles. The molecule has 1 amide bonds. The smallest absolute Gasteiger partial charge is 0.295 e. The zero-order valence-electron chi connectivity index (χ0n) is 19.2. The van der Waals surface area contributed by atoms with E-state index in [2.05, 4.69) is 0 Å². The van der Waals surface area contributed by atoms with Crippen molar-refractivity contribution in [2.24, 2.45) is 0 Å². The number of thiophene rings is 1. The fourth-order valence-electron chi connectivity index (χ4n) is 4.16.